The second-order valence-electron chi connectivity index (χ2n) is 3.27. The Morgan fingerprint density at radius 3 is 2.53 bits per heavy atom. The van der Waals surface area contributed by atoms with Gasteiger partial charge in [-0.25, -0.2) is 4.39 Å². The van der Waals surface area contributed by atoms with Crippen molar-refractivity contribution < 1.29 is 9.50 Å². The molecular weight excluding hydrogens is 284 g/mol. The smallest absolute Gasteiger partial charge is 0.124 e. The number of hydrogen-bond donors (Lipinski definition) is 2. The van der Waals surface area contributed by atoms with Crippen molar-refractivity contribution in [3.8, 4) is 0 Å². The van der Waals surface area contributed by atoms with Crippen molar-refractivity contribution in [2.75, 3.05) is 13.2 Å². The highest BCUT2D eigenvalue weighted by Crippen LogP contribution is 2.17. The molecule has 3 N–H and O–H groups in total. The van der Waals surface area contributed by atoms with E-state index >= 15 is 0 Å². The predicted octanol–water partition coefficient (Wildman–Crippen LogP) is 2.12. The Balaban J connectivity index is 0.00000196. The van der Waals surface area contributed by atoms with Gasteiger partial charge in [-0.05, 0) is 42.6 Å². The van der Waals surface area contributed by atoms with Crippen LogP contribution in [0.1, 0.15) is 5.56 Å². The van der Waals surface area contributed by atoms with Crippen LogP contribution in [0.25, 0.3) is 0 Å². The number of hydrogen-bond acceptors (Lipinski definition) is 2. The fourth-order valence-corrected chi connectivity index (χ4v) is 1.80. The van der Waals surface area contributed by atoms with Crippen molar-refractivity contribution in [1.29, 1.82) is 0 Å². The molecule has 2 nitrogen and oxygen atoms in total. The van der Waals surface area contributed by atoms with Gasteiger partial charge in [0, 0.05) is 11.1 Å². The summed E-state index contributed by atoms with van der Waals surface area (Å²) in [6.45, 7) is 0.440. The van der Waals surface area contributed by atoms with E-state index in [9.17, 15) is 4.39 Å². The lowest BCUT2D eigenvalue weighted by atomic mass is 10.0. The molecule has 0 aliphatic rings. The Morgan fingerprint density at radius 1 is 1.40 bits per heavy atom. The van der Waals surface area contributed by atoms with Crippen LogP contribution in [0.15, 0.2) is 22.7 Å². The summed E-state index contributed by atoms with van der Waals surface area (Å²) in [6.07, 6.45) is 0.601. The summed E-state index contributed by atoms with van der Waals surface area (Å²) in [4.78, 5) is 0. The van der Waals surface area contributed by atoms with E-state index in [2.05, 4.69) is 15.9 Å². The molecule has 0 saturated carbocycles. The molecule has 0 fully saturated rings. The summed E-state index contributed by atoms with van der Waals surface area (Å²) in [7, 11) is 0. The van der Waals surface area contributed by atoms with Gasteiger partial charge in [-0.1, -0.05) is 15.9 Å². The molecular formula is C10H14BrClFNO. The molecule has 1 atom stereocenters. The van der Waals surface area contributed by atoms with Gasteiger partial charge in [0.2, 0.25) is 0 Å². The van der Waals surface area contributed by atoms with E-state index in [1.807, 2.05) is 6.07 Å². The maximum Gasteiger partial charge on any atom is 0.124 e. The van der Waals surface area contributed by atoms with Crippen molar-refractivity contribution in [3.05, 3.63) is 34.1 Å². The Kier molecular flexibility index (Phi) is 7.09. The molecule has 0 aliphatic heterocycles. The lowest BCUT2D eigenvalue weighted by Crippen LogP contribution is -2.20. The van der Waals surface area contributed by atoms with Gasteiger partial charge in [0.1, 0.15) is 5.82 Å². The SMILES string of the molecule is Cl.NCC(CO)Cc1cc(F)cc(Br)c1. The molecule has 0 radical (unpaired) electrons. The molecule has 1 aromatic rings. The minimum absolute atomic E-state index is 0. The summed E-state index contributed by atoms with van der Waals surface area (Å²) in [6, 6.07) is 4.70. The fraction of sp³-hybridized carbons (Fsp3) is 0.400. The zero-order chi connectivity index (χ0) is 10.6. The molecule has 1 rings (SSSR count). The summed E-state index contributed by atoms with van der Waals surface area (Å²) < 4.78 is 13.7. The molecule has 0 saturated heterocycles. The third kappa shape index (κ3) is 4.93. The Labute approximate surface area is 103 Å². The van der Waals surface area contributed by atoms with Crippen LogP contribution < -0.4 is 5.73 Å². The van der Waals surface area contributed by atoms with E-state index in [0.717, 1.165) is 5.56 Å². The van der Waals surface area contributed by atoms with Crippen LogP contribution in [0.3, 0.4) is 0 Å². The van der Waals surface area contributed by atoms with Crippen LogP contribution in [-0.2, 0) is 6.42 Å². The first-order valence-corrected chi connectivity index (χ1v) is 5.21. The van der Waals surface area contributed by atoms with Crippen LogP contribution in [-0.4, -0.2) is 18.3 Å². The van der Waals surface area contributed by atoms with Gasteiger partial charge in [0.15, 0.2) is 0 Å². The van der Waals surface area contributed by atoms with Crippen LogP contribution in [0.5, 0.6) is 0 Å². The number of aliphatic hydroxyl groups excluding tert-OH is 1. The summed E-state index contributed by atoms with van der Waals surface area (Å²) in [5, 5.41) is 8.94. The highest BCUT2D eigenvalue weighted by Gasteiger charge is 2.07. The lowest BCUT2D eigenvalue weighted by Gasteiger charge is -2.11. The van der Waals surface area contributed by atoms with E-state index < -0.39 is 0 Å². The van der Waals surface area contributed by atoms with Crippen molar-refractivity contribution in [3.63, 3.8) is 0 Å². The van der Waals surface area contributed by atoms with Gasteiger partial charge in [0.05, 0.1) is 0 Å². The van der Waals surface area contributed by atoms with Crippen LogP contribution >= 0.6 is 28.3 Å². The number of nitrogens with two attached hydrogens (primary N) is 1. The summed E-state index contributed by atoms with van der Waals surface area (Å²) in [5.41, 5.74) is 6.29. The Morgan fingerprint density at radius 2 is 2.07 bits per heavy atom. The normalized spacial score (nSPS) is 12.0. The zero-order valence-corrected chi connectivity index (χ0v) is 10.5. The minimum atomic E-state index is -0.275. The van der Waals surface area contributed by atoms with Crippen LogP contribution in [0.2, 0.25) is 0 Å². The largest absolute Gasteiger partial charge is 0.396 e. The second kappa shape index (κ2) is 7.17. The van der Waals surface area contributed by atoms with Crippen molar-refractivity contribution in [1.82, 2.24) is 0 Å². The number of benzene rings is 1. The molecule has 0 aromatic heterocycles. The van der Waals surface area contributed by atoms with Gasteiger partial charge in [0.25, 0.3) is 0 Å². The molecule has 0 amide bonds. The third-order valence-corrected chi connectivity index (χ3v) is 2.50. The first-order valence-electron chi connectivity index (χ1n) is 4.41. The number of halogens is 3. The topological polar surface area (TPSA) is 46.2 Å². The van der Waals surface area contributed by atoms with E-state index in [1.165, 1.54) is 12.1 Å². The van der Waals surface area contributed by atoms with E-state index in [4.69, 9.17) is 10.8 Å². The lowest BCUT2D eigenvalue weighted by molar-refractivity contribution is 0.229. The predicted molar refractivity (Wildman–Crippen MR) is 64.7 cm³/mol. The monoisotopic (exact) mass is 297 g/mol. The Bertz CT molecular complexity index is 287. The second-order valence-corrected chi connectivity index (χ2v) is 4.18. The average Bonchev–Trinajstić information content (AvgIpc) is 2.12. The average molecular weight is 299 g/mol. The molecule has 0 spiro atoms. The summed E-state index contributed by atoms with van der Waals surface area (Å²) in [5.74, 6) is -0.271. The minimum Gasteiger partial charge on any atom is -0.396 e. The van der Waals surface area contributed by atoms with E-state index in [-0.39, 0.29) is 30.7 Å². The van der Waals surface area contributed by atoms with Gasteiger partial charge in [-0.2, -0.15) is 0 Å². The van der Waals surface area contributed by atoms with E-state index in [0.29, 0.717) is 17.4 Å². The quantitative estimate of drug-likeness (QED) is 0.894. The van der Waals surface area contributed by atoms with E-state index in [1.54, 1.807) is 0 Å². The molecule has 0 heterocycles. The van der Waals surface area contributed by atoms with Gasteiger partial charge >= 0.3 is 0 Å². The Hall–Kier alpha value is -0.160. The maximum atomic E-state index is 13.0. The zero-order valence-electron chi connectivity index (χ0n) is 8.12. The molecule has 5 heteroatoms. The molecule has 0 aliphatic carbocycles. The molecule has 86 valence electrons. The third-order valence-electron chi connectivity index (χ3n) is 2.04. The number of rotatable bonds is 4. The molecule has 1 aromatic carbocycles. The van der Waals surface area contributed by atoms with Crippen LogP contribution in [0, 0.1) is 11.7 Å². The molecule has 0 bridgehead atoms. The molecule has 1 unspecified atom stereocenters. The first-order chi connectivity index (χ1) is 6.65. The maximum absolute atomic E-state index is 13.0. The highest BCUT2D eigenvalue weighted by molar-refractivity contribution is 9.10. The number of aliphatic hydroxyl groups is 1. The summed E-state index contributed by atoms with van der Waals surface area (Å²) >= 11 is 3.21. The molecule has 15 heavy (non-hydrogen) atoms. The van der Waals surface area contributed by atoms with Crippen molar-refractivity contribution in [2.45, 2.75) is 6.42 Å². The van der Waals surface area contributed by atoms with Gasteiger partial charge in [-0.3, -0.25) is 0 Å². The van der Waals surface area contributed by atoms with Gasteiger partial charge in [-0.15, -0.1) is 12.4 Å². The van der Waals surface area contributed by atoms with Crippen LogP contribution in [0.4, 0.5) is 4.39 Å². The van der Waals surface area contributed by atoms with Crippen molar-refractivity contribution >= 4 is 28.3 Å². The first kappa shape index (κ1) is 14.8. The standard InChI is InChI=1S/C10H13BrFNO.ClH/c11-9-2-7(3-10(12)4-9)1-8(5-13)6-14;/h2-4,8,14H,1,5-6,13H2;1H. The van der Waals surface area contributed by atoms with Gasteiger partial charge < -0.3 is 10.8 Å². The highest BCUT2D eigenvalue weighted by atomic mass is 79.9. The van der Waals surface area contributed by atoms with Crippen molar-refractivity contribution in [2.24, 2.45) is 11.7 Å². The fourth-order valence-electron chi connectivity index (χ4n) is 1.28.